The molecule has 0 unspecified atom stereocenters. The van der Waals surface area contributed by atoms with Crippen LogP contribution in [0.15, 0.2) is 18.2 Å². The predicted octanol–water partition coefficient (Wildman–Crippen LogP) is 5.18. The van der Waals surface area contributed by atoms with Crippen molar-refractivity contribution in [2.24, 2.45) is 0 Å². The summed E-state index contributed by atoms with van der Waals surface area (Å²) < 4.78 is 0. The van der Waals surface area contributed by atoms with Crippen LogP contribution in [0.2, 0.25) is 0 Å². The fourth-order valence-electron chi connectivity index (χ4n) is 1.85. The molecule has 0 saturated heterocycles. The highest BCUT2D eigenvalue weighted by Gasteiger charge is 2.03. The summed E-state index contributed by atoms with van der Waals surface area (Å²) in [5.74, 6) is 9.48. The molecule has 0 atom stereocenters. The van der Waals surface area contributed by atoms with Gasteiger partial charge >= 0.3 is 0 Å². The maximum absolute atomic E-state index is 4.28. The Kier molecular flexibility index (Phi) is 13.3. The highest BCUT2D eigenvalue weighted by atomic mass is 32.2. The highest BCUT2D eigenvalue weighted by molar-refractivity contribution is 7.99. The van der Waals surface area contributed by atoms with Gasteiger partial charge in [-0.25, -0.2) is 0 Å². The molecule has 0 N–H and O–H groups in total. The fourth-order valence-corrected chi connectivity index (χ4v) is 5.04. The van der Waals surface area contributed by atoms with Crippen LogP contribution in [0.25, 0.3) is 0 Å². The lowest BCUT2D eigenvalue weighted by molar-refractivity contribution is 1.26. The molecule has 1 rings (SSSR count). The SMILES string of the molecule is SCCSCc1cc(CSCCS)cc(CSCCS)c1. The first kappa shape index (κ1) is 20.4. The Balaban J connectivity index is 2.65. The molecule has 0 amide bonds. The molecule has 0 fully saturated rings. The quantitative estimate of drug-likeness (QED) is 0.329. The summed E-state index contributed by atoms with van der Waals surface area (Å²) in [6.45, 7) is 0. The van der Waals surface area contributed by atoms with E-state index >= 15 is 0 Å². The molecule has 0 aliphatic carbocycles. The van der Waals surface area contributed by atoms with Crippen LogP contribution in [0.1, 0.15) is 16.7 Å². The Morgan fingerprint density at radius 3 is 1.10 bits per heavy atom. The van der Waals surface area contributed by atoms with Gasteiger partial charge in [0.25, 0.3) is 0 Å². The van der Waals surface area contributed by atoms with Crippen molar-refractivity contribution in [1.82, 2.24) is 0 Å². The Labute approximate surface area is 159 Å². The summed E-state index contributed by atoms with van der Waals surface area (Å²) in [7, 11) is 0. The minimum Gasteiger partial charge on any atom is -0.179 e. The molecule has 1 aromatic rings. The van der Waals surface area contributed by atoms with Gasteiger partial charge in [-0.1, -0.05) is 18.2 Å². The first-order valence-electron chi connectivity index (χ1n) is 6.97. The maximum atomic E-state index is 4.28. The van der Waals surface area contributed by atoms with E-state index in [0.29, 0.717) is 0 Å². The van der Waals surface area contributed by atoms with Crippen molar-refractivity contribution in [2.75, 3.05) is 34.5 Å². The number of hydrogen-bond donors (Lipinski definition) is 3. The topological polar surface area (TPSA) is 0 Å². The first-order valence-corrected chi connectivity index (χ1v) is 12.3. The molecule has 0 bridgehead atoms. The Morgan fingerprint density at radius 1 is 0.571 bits per heavy atom. The van der Waals surface area contributed by atoms with Crippen LogP contribution in [-0.4, -0.2) is 34.5 Å². The zero-order chi connectivity index (χ0) is 15.3. The summed E-state index contributed by atoms with van der Waals surface area (Å²) >= 11 is 18.7. The molecular weight excluding hydrogens is 373 g/mol. The van der Waals surface area contributed by atoms with E-state index < -0.39 is 0 Å². The van der Waals surface area contributed by atoms with E-state index in [1.165, 1.54) is 16.7 Å². The van der Waals surface area contributed by atoms with Crippen LogP contribution >= 0.6 is 73.2 Å². The zero-order valence-corrected chi connectivity index (χ0v) is 17.3. The summed E-state index contributed by atoms with van der Waals surface area (Å²) in [6, 6.07) is 7.09. The van der Waals surface area contributed by atoms with Gasteiger partial charge in [-0.2, -0.15) is 73.2 Å². The minimum absolute atomic E-state index is 0.951. The summed E-state index contributed by atoms with van der Waals surface area (Å²) in [6.07, 6.45) is 0. The van der Waals surface area contributed by atoms with E-state index in [4.69, 9.17) is 0 Å². The lowest BCUT2D eigenvalue weighted by atomic mass is 10.1. The van der Waals surface area contributed by atoms with Gasteiger partial charge in [0.2, 0.25) is 0 Å². The number of thiol groups is 3. The minimum atomic E-state index is 0.951. The lowest BCUT2D eigenvalue weighted by Gasteiger charge is -2.10. The van der Waals surface area contributed by atoms with Gasteiger partial charge in [0.05, 0.1) is 0 Å². The van der Waals surface area contributed by atoms with Crippen LogP contribution in [0, 0.1) is 0 Å². The van der Waals surface area contributed by atoms with E-state index in [9.17, 15) is 0 Å². The van der Waals surface area contributed by atoms with Gasteiger partial charge in [0.1, 0.15) is 0 Å². The average Bonchev–Trinajstić information content (AvgIpc) is 2.48. The molecule has 0 aliphatic rings. The second-order valence-corrected chi connectivity index (χ2v) is 9.14. The number of hydrogen-bond acceptors (Lipinski definition) is 6. The molecule has 0 aromatic heterocycles. The van der Waals surface area contributed by atoms with Gasteiger partial charge in [-0.15, -0.1) is 0 Å². The third-order valence-corrected chi connectivity index (χ3v) is 7.29. The van der Waals surface area contributed by atoms with Gasteiger partial charge < -0.3 is 0 Å². The van der Waals surface area contributed by atoms with Crippen molar-refractivity contribution in [3.05, 3.63) is 34.9 Å². The molecule has 1 aromatic carbocycles. The molecule has 6 heteroatoms. The van der Waals surface area contributed by atoms with Crippen LogP contribution in [0.4, 0.5) is 0 Å². The number of thioether (sulfide) groups is 3. The third-order valence-electron chi connectivity index (χ3n) is 2.63. The standard InChI is InChI=1S/C15H24S6/c16-1-4-19-10-13-7-14(11-20-5-2-17)9-15(8-13)12-21-6-3-18/h7-9,16-18H,1-6,10-12H2. The predicted molar refractivity (Wildman–Crippen MR) is 116 cm³/mol. The zero-order valence-electron chi connectivity index (χ0n) is 12.2. The van der Waals surface area contributed by atoms with Crippen molar-refractivity contribution < 1.29 is 0 Å². The Hall–Kier alpha value is 1.32. The van der Waals surface area contributed by atoms with E-state index in [0.717, 1.165) is 51.8 Å². The molecule has 0 radical (unpaired) electrons. The molecule has 0 spiro atoms. The van der Waals surface area contributed by atoms with Gasteiger partial charge in [-0.3, -0.25) is 0 Å². The van der Waals surface area contributed by atoms with E-state index in [2.05, 4.69) is 56.1 Å². The highest BCUT2D eigenvalue weighted by Crippen LogP contribution is 2.23. The third kappa shape index (κ3) is 9.92. The maximum Gasteiger partial charge on any atom is 0.0185 e. The van der Waals surface area contributed by atoms with Crippen molar-refractivity contribution in [3.63, 3.8) is 0 Å². The van der Waals surface area contributed by atoms with Crippen LogP contribution in [0.5, 0.6) is 0 Å². The fraction of sp³-hybridized carbons (Fsp3) is 0.600. The summed E-state index contributed by atoms with van der Waals surface area (Å²) in [5.41, 5.74) is 4.35. The normalized spacial score (nSPS) is 11.0. The van der Waals surface area contributed by atoms with Gasteiger partial charge in [-0.05, 0) is 33.9 Å². The van der Waals surface area contributed by atoms with E-state index in [-0.39, 0.29) is 0 Å². The number of benzene rings is 1. The van der Waals surface area contributed by atoms with E-state index in [1.54, 1.807) is 0 Å². The largest absolute Gasteiger partial charge is 0.179 e. The Morgan fingerprint density at radius 2 is 0.857 bits per heavy atom. The summed E-state index contributed by atoms with van der Waals surface area (Å²) in [4.78, 5) is 0. The molecule has 0 nitrogen and oxygen atoms in total. The first-order chi connectivity index (χ1) is 10.3. The number of rotatable bonds is 12. The van der Waals surface area contributed by atoms with Crippen molar-refractivity contribution >= 4 is 73.2 Å². The summed E-state index contributed by atoms with van der Waals surface area (Å²) in [5, 5.41) is 0. The van der Waals surface area contributed by atoms with Crippen LogP contribution < -0.4 is 0 Å². The second-order valence-electron chi connectivity index (χ2n) is 4.49. The van der Waals surface area contributed by atoms with Gasteiger partial charge in [0, 0.05) is 34.5 Å². The molecule has 0 saturated carbocycles. The van der Waals surface area contributed by atoms with Gasteiger partial charge in [0.15, 0.2) is 0 Å². The van der Waals surface area contributed by atoms with Crippen LogP contribution in [-0.2, 0) is 17.3 Å². The van der Waals surface area contributed by atoms with Crippen molar-refractivity contribution in [2.45, 2.75) is 17.3 Å². The Bertz CT molecular complexity index is 313. The lowest BCUT2D eigenvalue weighted by Crippen LogP contribution is -1.94. The molecule has 0 aliphatic heterocycles. The average molecular weight is 397 g/mol. The molecular formula is C15H24S6. The smallest absolute Gasteiger partial charge is 0.0185 e. The monoisotopic (exact) mass is 396 g/mol. The van der Waals surface area contributed by atoms with Crippen molar-refractivity contribution in [1.29, 1.82) is 0 Å². The van der Waals surface area contributed by atoms with Crippen LogP contribution in [0.3, 0.4) is 0 Å². The molecule has 120 valence electrons. The van der Waals surface area contributed by atoms with E-state index in [1.807, 2.05) is 35.3 Å². The molecule has 0 heterocycles. The second kappa shape index (κ2) is 13.7. The molecule has 21 heavy (non-hydrogen) atoms. The van der Waals surface area contributed by atoms with Crippen molar-refractivity contribution in [3.8, 4) is 0 Å².